The molecule has 2 aromatic heterocycles. The average molecular weight is 219 g/mol. The summed E-state index contributed by atoms with van der Waals surface area (Å²) in [6.45, 7) is 0. The molecule has 0 bridgehead atoms. The molecule has 15 heavy (non-hydrogen) atoms. The van der Waals surface area contributed by atoms with Gasteiger partial charge < -0.3 is 10.9 Å². The van der Waals surface area contributed by atoms with Gasteiger partial charge in [-0.05, 0) is 28.5 Å². The highest BCUT2D eigenvalue weighted by molar-refractivity contribution is 7.08. The van der Waals surface area contributed by atoms with Crippen LogP contribution in [0.25, 0.3) is 11.1 Å². The van der Waals surface area contributed by atoms with Crippen LogP contribution in [0.3, 0.4) is 0 Å². The quantitative estimate of drug-likeness (QED) is 0.351. The monoisotopic (exact) mass is 219 g/mol. The summed E-state index contributed by atoms with van der Waals surface area (Å²) in [5, 5.41) is 15.5. The minimum Gasteiger partial charge on any atom is -0.409 e. The van der Waals surface area contributed by atoms with Gasteiger partial charge in [0.15, 0.2) is 5.84 Å². The van der Waals surface area contributed by atoms with E-state index >= 15 is 0 Å². The first-order valence-electron chi connectivity index (χ1n) is 4.27. The van der Waals surface area contributed by atoms with E-state index in [4.69, 9.17) is 10.9 Å². The van der Waals surface area contributed by atoms with Crippen LogP contribution in [0.5, 0.6) is 0 Å². The van der Waals surface area contributed by atoms with Gasteiger partial charge in [-0.25, -0.2) is 0 Å². The molecule has 2 heterocycles. The molecule has 0 spiro atoms. The van der Waals surface area contributed by atoms with Crippen LogP contribution in [-0.2, 0) is 0 Å². The third kappa shape index (κ3) is 1.97. The van der Waals surface area contributed by atoms with E-state index in [-0.39, 0.29) is 5.84 Å². The van der Waals surface area contributed by atoms with E-state index in [0.29, 0.717) is 5.56 Å². The summed E-state index contributed by atoms with van der Waals surface area (Å²) in [5.74, 6) is 0.0691. The van der Waals surface area contributed by atoms with Gasteiger partial charge in [0.25, 0.3) is 0 Å². The highest BCUT2D eigenvalue weighted by atomic mass is 32.1. The van der Waals surface area contributed by atoms with Crippen LogP contribution in [0.15, 0.2) is 40.4 Å². The number of hydrogen-bond acceptors (Lipinski definition) is 4. The second-order valence-corrected chi connectivity index (χ2v) is 3.74. The maximum absolute atomic E-state index is 8.55. The van der Waals surface area contributed by atoms with E-state index < -0.39 is 0 Å². The lowest BCUT2D eigenvalue weighted by Gasteiger charge is -2.01. The number of nitrogens with two attached hydrogens (primary N) is 1. The van der Waals surface area contributed by atoms with Crippen LogP contribution < -0.4 is 5.73 Å². The van der Waals surface area contributed by atoms with Gasteiger partial charge >= 0.3 is 0 Å². The number of thiophene rings is 1. The largest absolute Gasteiger partial charge is 0.409 e. The molecular formula is C10H9N3OS. The van der Waals surface area contributed by atoms with E-state index in [0.717, 1.165) is 11.1 Å². The molecule has 0 radical (unpaired) electrons. The lowest BCUT2D eigenvalue weighted by Crippen LogP contribution is -2.13. The average Bonchev–Trinajstić information content (AvgIpc) is 2.82. The standard InChI is InChI=1S/C10H9N3OS/c11-10(13-14)9-3-8(4-12-5-9)7-1-2-15-6-7/h1-6,14H,(H2,11,13). The molecule has 0 aliphatic carbocycles. The minimum atomic E-state index is 0.0691. The van der Waals surface area contributed by atoms with E-state index in [1.807, 2.05) is 22.9 Å². The summed E-state index contributed by atoms with van der Waals surface area (Å²) in [7, 11) is 0. The smallest absolute Gasteiger partial charge is 0.171 e. The fraction of sp³-hybridized carbons (Fsp3) is 0. The Morgan fingerprint density at radius 3 is 2.93 bits per heavy atom. The molecule has 2 rings (SSSR count). The number of rotatable bonds is 2. The van der Waals surface area contributed by atoms with E-state index in [1.54, 1.807) is 23.7 Å². The molecule has 0 atom stereocenters. The lowest BCUT2D eigenvalue weighted by molar-refractivity contribution is 0.318. The fourth-order valence-electron chi connectivity index (χ4n) is 1.22. The highest BCUT2D eigenvalue weighted by Gasteiger charge is 2.03. The molecule has 0 fully saturated rings. The Hall–Kier alpha value is -1.88. The van der Waals surface area contributed by atoms with Gasteiger partial charge in [0, 0.05) is 23.5 Å². The van der Waals surface area contributed by atoms with Gasteiger partial charge in [-0.15, -0.1) is 0 Å². The number of pyridine rings is 1. The zero-order valence-corrected chi connectivity index (χ0v) is 8.61. The van der Waals surface area contributed by atoms with Crippen LogP contribution in [0.2, 0.25) is 0 Å². The van der Waals surface area contributed by atoms with Crippen LogP contribution in [0, 0.1) is 0 Å². The normalized spacial score (nSPS) is 11.6. The molecule has 2 aromatic rings. The van der Waals surface area contributed by atoms with Crippen molar-refractivity contribution >= 4 is 17.2 Å². The van der Waals surface area contributed by atoms with Gasteiger partial charge in [-0.1, -0.05) is 5.16 Å². The van der Waals surface area contributed by atoms with Crippen molar-refractivity contribution < 1.29 is 5.21 Å². The van der Waals surface area contributed by atoms with Crippen molar-refractivity contribution in [3.8, 4) is 11.1 Å². The maximum Gasteiger partial charge on any atom is 0.171 e. The van der Waals surface area contributed by atoms with Gasteiger partial charge in [-0.3, -0.25) is 4.98 Å². The maximum atomic E-state index is 8.55. The van der Waals surface area contributed by atoms with Crippen LogP contribution in [0.4, 0.5) is 0 Å². The molecule has 0 amide bonds. The highest BCUT2D eigenvalue weighted by Crippen LogP contribution is 2.21. The van der Waals surface area contributed by atoms with Crippen LogP contribution in [-0.4, -0.2) is 16.0 Å². The zero-order chi connectivity index (χ0) is 10.7. The first kappa shape index (κ1) is 9.67. The number of aromatic nitrogens is 1. The van der Waals surface area contributed by atoms with Crippen molar-refractivity contribution in [1.82, 2.24) is 4.98 Å². The predicted molar refractivity (Wildman–Crippen MR) is 60.1 cm³/mol. The molecule has 76 valence electrons. The third-order valence-corrected chi connectivity index (χ3v) is 2.68. The Kier molecular flexibility index (Phi) is 2.64. The van der Waals surface area contributed by atoms with Gasteiger partial charge in [0.2, 0.25) is 0 Å². The molecule has 0 aromatic carbocycles. The molecule has 4 nitrogen and oxygen atoms in total. The number of hydrogen-bond donors (Lipinski definition) is 2. The molecule has 0 saturated heterocycles. The van der Waals surface area contributed by atoms with E-state index in [9.17, 15) is 0 Å². The summed E-state index contributed by atoms with van der Waals surface area (Å²) in [6.07, 6.45) is 3.31. The van der Waals surface area contributed by atoms with Crippen molar-refractivity contribution in [3.05, 3.63) is 40.8 Å². The van der Waals surface area contributed by atoms with Crippen molar-refractivity contribution in [2.45, 2.75) is 0 Å². The summed E-state index contributed by atoms with van der Waals surface area (Å²) < 4.78 is 0. The predicted octanol–water partition coefficient (Wildman–Crippen LogP) is 1.90. The first-order chi connectivity index (χ1) is 7.31. The summed E-state index contributed by atoms with van der Waals surface area (Å²) in [6, 6.07) is 3.84. The Labute approximate surface area is 90.7 Å². The van der Waals surface area contributed by atoms with Crippen molar-refractivity contribution in [2.75, 3.05) is 0 Å². The Balaban J connectivity index is 2.44. The molecule has 0 saturated carbocycles. The Morgan fingerprint density at radius 1 is 1.40 bits per heavy atom. The summed E-state index contributed by atoms with van der Waals surface area (Å²) in [4.78, 5) is 4.04. The van der Waals surface area contributed by atoms with Crippen molar-refractivity contribution in [1.29, 1.82) is 0 Å². The zero-order valence-electron chi connectivity index (χ0n) is 7.79. The fourth-order valence-corrected chi connectivity index (χ4v) is 1.89. The molecule has 5 heteroatoms. The summed E-state index contributed by atoms with van der Waals surface area (Å²) >= 11 is 1.62. The van der Waals surface area contributed by atoms with Gasteiger partial charge in [0.1, 0.15) is 0 Å². The molecular weight excluding hydrogens is 210 g/mol. The first-order valence-corrected chi connectivity index (χ1v) is 5.21. The number of nitrogens with zero attached hydrogens (tertiary/aromatic N) is 2. The topological polar surface area (TPSA) is 71.5 Å². The Morgan fingerprint density at radius 2 is 2.27 bits per heavy atom. The van der Waals surface area contributed by atoms with Crippen molar-refractivity contribution in [2.24, 2.45) is 10.9 Å². The third-order valence-electron chi connectivity index (χ3n) is 2.00. The number of amidine groups is 1. The molecule has 3 N–H and O–H groups in total. The Bertz CT molecular complexity index is 479. The number of oxime groups is 1. The molecule has 0 aliphatic heterocycles. The summed E-state index contributed by atoms with van der Waals surface area (Å²) in [5.41, 5.74) is 8.13. The SMILES string of the molecule is N/C(=N/O)c1cncc(-c2ccsc2)c1. The van der Waals surface area contributed by atoms with E-state index in [1.165, 1.54) is 0 Å². The minimum absolute atomic E-state index is 0.0691. The molecule has 0 aliphatic rings. The lowest BCUT2D eigenvalue weighted by atomic mass is 10.1. The van der Waals surface area contributed by atoms with Gasteiger partial charge in [0.05, 0.1) is 0 Å². The van der Waals surface area contributed by atoms with Crippen LogP contribution in [0.1, 0.15) is 5.56 Å². The van der Waals surface area contributed by atoms with Gasteiger partial charge in [-0.2, -0.15) is 11.3 Å². The van der Waals surface area contributed by atoms with Crippen molar-refractivity contribution in [3.63, 3.8) is 0 Å². The second-order valence-electron chi connectivity index (χ2n) is 2.96. The van der Waals surface area contributed by atoms with Crippen LogP contribution >= 0.6 is 11.3 Å². The second kappa shape index (κ2) is 4.10. The van der Waals surface area contributed by atoms with E-state index in [2.05, 4.69) is 10.1 Å². The molecule has 0 unspecified atom stereocenters.